The zero-order valence-electron chi connectivity index (χ0n) is 27.1. The summed E-state index contributed by atoms with van der Waals surface area (Å²) < 4.78 is 25.8. The number of aromatic nitrogens is 2. The fourth-order valence-electron chi connectivity index (χ4n) is 5.63. The van der Waals surface area contributed by atoms with Crippen LogP contribution in [0.2, 0.25) is 5.02 Å². The predicted molar refractivity (Wildman–Crippen MR) is 184 cm³/mol. The number of aryl methyl sites for hydroxylation is 1. The van der Waals surface area contributed by atoms with Crippen LogP contribution in [0.5, 0.6) is 23.0 Å². The number of aliphatic carboxylic acids is 1. The zero-order chi connectivity index (χ0) is 34.3. The second-order valence-corrected chi connectivity index (χ2v) is 12.1. The molecule has 0 amide bonds. The zero-order valence-corrected chi connectivity index (χ0v) is 27.9. The van der Waals surface area contributed by atoms with Gasteiger partial charge in [0.2, 0.25) is 0 Å². The highest BCUT2D eigenvalue weighted by Gasteiger charge is 2.21. The topological polar surface area (TPSA) is 128 Å². The van der Waals surface area contributed by atoms with Gasteiger partial charge in [-0.2, -0.15) is 5.26 Å². The van der Waals surface area contributed by atoms with Crippen LogP contribution in [0.3, 0.4) is 0 Å². The van der Waals surface area contributed by atoms with Gasteiger partial charge < -0.3 is 28.6 Å². The van der Waals surface area contributed by atoms with Crippen molar-refractivity contribution < 1.29 is 28.8 Å². The second-order valence-electron chi connectivity index (χ2n) is 11.7. The highest BCUT2D eigenvalue weighted by atomic mass is 35.5. The molecule has 0 radical (unpaired) electrons. The fourth-order valence-corrected chi connectivity index (χ4v) is 5.87. The number of carbonyl (C=O) groups is 1. The number of hydrogen-bond donors (Lipinski definition) is 2. The number of nitriles is 1. The molecule has 0 saturated carbocycles. The van der Waals surface area contributed by atoms with Crippen molar-refractivity contribution in [1.29, 1.82) is 5.26 Å². The molecule has 6 rings (SSSR count). The molecule has 2 heterocycles. The molecule has 1 atom stereocenters. The number of nitrogens with one attached hydrogen (secondary N) is 1. The summed E-state index contributed by atoms with van der Waals surface area (Å²) in [4.78, 5) is 16.4. The first-order valence-corrected chi connectivity index (χ1v) is 16.1. The Morgan fingerprint density at radius 2 is 1.82 bits per heavy atom. The van der Waals surface area contributed by atoms with E-state index in [1.165, 1.54) is 0 Å². The molecular weight excluding hydrogens is 644 g/mol. The van der Waals surface area contributed by atoms with Crippen LogP contribution in [0.4, 0.5) is 0 Å². The highest BCUT2D eigenvalue weighted by Crippen LogP contribution is 2.37. The summed E-state index contributed by atoms with van der Waals surface area (Å²) in [5, 5.41) is 22.7. The van der Waals surface area contributed by atoms with Crippen molar-refractivity contribution in [2.45, 2.75) is 39.1 Å². The minimum atomic E-state index is -0.999. The third kappa shape index (κ3) is 8.15. The number of carboxylic acids is 1. The van der Waals surface area contributed by atoms with Crippen molar-refractivity contribution in [3.8, 4) is 40.2 Å². The van der Waals surface area contributed by atoms with E-state index >= 15 is 0 Å². The molecule has 10 nitrogen and oxygen atoms in total. The SMILES string of the molecule is Cc1c(COc2cc(OCc3cccc(C#N)c3)c(CNC(Cc3cn(C)cn3)C(=O)O)cc2Cl)cccc1-c1ccc2c(c1)OCCO2. The lowest BCUT2D eigenvalue weighted by Gasteiger charge is -2.20. The normalized spacial score (nSPS) is 12.6. The van der Waals surface area contributed by atoms with E-state index < -0.39 is 12.0 Å². The van der Waals surface area contributed by atoms with Gasteiger partial charge in [-0.05, 0) is 65.1 Å². The minimum absolute atomic E-state index is 0.161. The summed E-state index contributed by atoms with van der Waals surface area (Å²) in [6.45, 7) is 3.69. The molecule has 1 aliphatic heterocycles. The summed E-state index contributed by atoms with van der Waals surface area (Å²) in [6.07, 6.45) is 3.63. The molecule has 4 aromatic carbocycles. The molecule has 11 heteroatoms. The summed E-state index contributed by atoms with van der Waals surface area (Å²) in [6, 6.07) is 23.9. The first-order chi connectivity index (χ1) is 23.8. The van der Waals surface area contributed by atoms with Crippen LogP contribution in [0, 0.1) is 18.3 Å². The Hall–Kier alpha value is -5.50. The van der Waals surface area contributed by atoms with Crippen LogP contribution in [0.15, 0.2) is 85.3 Å². The Morgan fingerprint density at radius 3 is 2.59 bits per heavy atom. The van der Waals surface area contributed by atoms with Gasteiger partial charge in [0.05, 0.1) is 28.7 Å². The Labute approximate surface area is 289 Å². The van der Waals surface area contributed by atoms with E-state index in [1.54, 1.807) is 47.4 Å². The third-order valence-electron chi connectivity index (χ3n) is 8.26. The Balaban J connectivity index is 1.23. The van der Waals surface area contributed by atoms with E-state index in [1.807, 2.05) is 43.4 Å². The number of imidazole rings is 1. The van der Waals surface area contributed by atoms with E-state index in [4.69, 9.17) is 30.5 Å². The molecule has 5 aromatic rings. The van der Waals surface area contributed by atoms with Crippen molar-refractivity contribution in [3.05, 3.63) is 124 Å². The second kappa shape index (κ2) is 15.2. The monoisotopic (exact) mass is 678 g/mol. The van der Waals surface area contributed by atoms with Crippen LogP contribution in [-0.4, -0.2) is 39.9 Å². The lowest BCUT2D eigenvalue weighted by atomic mass is 9.96. The van der Waals surface area contributed by atoms with Gasteiger partial charge in [-0.25, -0.2) is 4.98 Å². The number of nitrogens with zero attached hydrogens (tertiary/aromatic N) is 3. The Morgan fingerprint density at radius 1 is 1.02 bits per heavy atom. The first kappa shape index (κ1) is 33.4. The van der Waals surface area contributed by atoms with E-state index in [0.29, 0.717) is 46.6 Å². The van der Waals surface area contributed by atoms with E-state index in [9.17, 15) is 15.2 Å². The summed E-state index contributed by atoms with van der Waals surface area (Å²) >= 11 is 6.77. The molecule has 0 bridgehead atoms. The van der Waals surface area contributed by atoms with Gasteiger partial charge in [0, 0.05) is 37.8 Å². The van der Waals surface area contributed by atoms with Gasteiger partial charge in [-0.3, -0.25) is 10.1 Å². The summed E-state index contributed by atoms with van der Waals surface area (Å²) in [5.74, 6) is 1.35. The average Bonchev–Trinajstić information content (AvgIpc) is 3.53. The quantitative estimate of drug-likeness (QED) is 0.141. The van der Waals surface area contributed by atoms with Crippen molar-refractivity contribution in [2.75, 3.05) is 13.2 Å². The maximum atomic E-state index is 12.1. The van der Waals surface area contributed by atoms with Crippen molar-refractivity contribution in [2.24, 2.45) is 7.05 Å². The van der Waals surface area contributed by atoms with Crippen LogP contribution in [0.1, 0.15) is 33.5 Å². The maximum Gasteiger partial charge on any atom is 0.321 e. The fraction of sp³-hybridized carbons (Fsp3) is 0.237. The lowest BCUT2D eigenvalue weighted by molar-refractivity contribution is -0.139. The number of carboxylic acid groups (broad SMARTS) is 1. The van der Waals surface area contributed by atoms with Crippen LogP contribution in [-0.2, 0) is 38.0 Å². The molecule has 0 fully saturated rings. The molecule has 0 saturated heterocycles. The van der Waals surface area contributed by atoms with Crippen LogP contribution < -0.4 is 24.3 Å². The smallest absolute Gasteiger partial charge is 0.321 e. The number of rotatable bonds is 13. The van der Waals surface area contributed by atoms with Gasteiger partial charge in [0.15, 0.2) is 11.5 Å². The van der Waals surface area contributed by atoms with Crippen LogP contribution >= 0.6 is 11.6 Å². The number of ether oxygens (including phenoxy) is 4. The highest BCUT2D eigenvalue weighted by molar-refractivity contribution is 6.32. The molecule has 1 aromatic heterocycles. The van der Waals surface area contributed by atoms with E-state index in [2.05, 4.69) is 29.4 Å². The average molecular weight is 679 g/mol. The van der Waals surface area contributed by atoms with Gasteiger partial charge in [-0.15, -0.1) is 0 Å². The number of hydrogen-bond acceptors (Lipinski definition) is 8. The maximum absolute atomic E-state index is 12.1. The first-order valence-electron chi connectivity index (χ1n) is 15.8. The van der Waals surface area contributed by atoms with E-state index in [0.717, 1.165) is 39.3 Å². The van der Waals surface area contributed by atoms with Crippen molar-refractivity contribution >= 4 is 17.6 Å². The van der Waals surface area contributed by atoms with Gasteiger partial charge in [-0.1, -0.05) is 48.0 Å². The molecular formula is C38H35ClN4O6. The Bertz CT molecular complexity index is 2020. The molecule has 250 valence electrons. The molecule has 49 heavy (non-hydrogen) atoms. The molecule has 0 spiro atoms. The largest absolute Gasteiger partial charge is 0.488 e. The molecule has 2 N–H and O–H groups in total. The van der Waals surface area contributed by atoms with Gasteiger partial charge in [0.1, 0.15) is 44.0 Å². The molecule has 0 aliphatic carbocycles. The number of halogens is 1. The lowest BCUT2D eigenvalue weighted by Crippen LogP contribution is -2.38. The number of fused-ring (bicyclic) bond motifs is 1. The summed E-state index contributed by atoms with van der Waals surface area (Å²) in [7, 11) is 1.83. The van der Waals surface area contributed by atoms with Gasteiger partial charge >= 0.3 is 5.97 Å². The summed E-state index contributed by atoms with van der Waals surface area (Å²) in [5.41, 5.74) is 6.73. The Kier molecular flexibility index (Phi) is 10.3. The number of benzene rings is 4. The standard InChI is InChI=1S/C38H35ClN4O6/c1-24-28(7-4-8-31(24)27-9-10-34-37(15-27)47-12-11-46-34)22-49-36-17-35(48-21-26-6-3-5-25(13-26)18-40)29(14-32(36)39)19-41-33(38(44)45)16-30-20-43(2)23-42-30/h3-10,13-15,17,20,23,33,41H,11-12,16,19,21-22H2,1-2H3,(H,44,45). The minimum Gasteiger partial charge on any atom is -0.488 e. The third-order valence-corrected chi connectivity index (χ3v) is 8.55. The van der Waals surface area contributed by atoms with E-state index in [-0.39, 0.29) is 26.2 Å². The molecule has 1 unspecified atom stereocenters. The molecule has 1 aliphatic rings. The van der Waals surface area contributed by atoms with Crippen molar-refractivity contribution in [1.82, 2.24) is 14.9 Å². The van der Waals surface area contributed by atoms with Crippen molar-refractivity contribution in [3.63, 3.8) is 0 Å². The predicted octanol–water partition coefficient (Wildman–Crippen LogP) is 6.64. The van der Waals surface area contributed by atoms with Crippen LogP contribution in [0.25, 0.3) is 11.1 Å². The van der Waals surface area contributed by atoms with Gasteiger partial charge in [0.25, 0.3) is 0 Å².